The van der Waals surface area contributed by atoms with Gasteiger partial charge >= 0.3 is 0 Å². The maximum absolute atomic E-state index is 6.47. The van der Waals surface area contributed by atoms with E-state index in [1.54, 1.807) is 0 Å². The number of hydrogen-bond acceptors (Lipinski definition) is 4. The van der Waals surface area contributed by atoms with E-state index in [0.29, 0.717) is 0 Å². The van der Waals surface area contributed by atoms with Crippen molar-refractivity contribution in [3.8, 4) is 11.3 Å². The van der Waals surface area contributed by atoms with Gasteiger partial charge < -0.3 is 20.0 Å². The molecule has 1 aliphatic rings. The van der Waals surface area contributed by atoms with E-state index in [9.17, 15) is 0 Å². The summed E-state index contributed by atoms with van der Waals surface area (Å²) >= 11 is 9.48. The molecule has 0 bridgehead atoms. The summed E-state index contributed by atoms with van der Waals surface area (Å²) in [6.07, 6.45) is 2.75. The second-order valence-electron chi connectivity index (χ2n) is 8.65. The summed E-state index contributed by atoms with van der Waals surface area (Å²) in [6, 6.07) is 26.4. The monoisotopic (exact) mass is 546 g/mol. The number of aryl methyl sites for hydroxylation is 1. The van der Waals surface area contributed by atoms with Crippen LogP contribution in [0.2, 0.25) is 0 Å². The van der Waals surface area contributed by atoms with Gasteiger partial charge in [-0.05, 0) is 79.7 Å². The highest BCUT2D eigenvalue weighted by Gasteiger charge is 2.41. The largest absolute Gasteiger partial charge is 0.459 e. The zero-order valence-electron chi connectivity index (χ0n) is 19.4. The number of benzene rings is 2. The zero-order chi connectivity index (χ0) is 24.2. The minimum absolute atomic E-state index is 0.0906. The van der Waals surface area contributed by atoms with Gasteiger partial charge in [-0.15, -0.1) is 0 Å². The molecule has 3 heterocycles. The Balaban J connectivity index is 1.39. The molecule has 2 aromatic heterocycles. The van der Waals surface area contributed by atoms with Gasteiger partial charge in [-0.2, -0.15) is 0 Å². The highest BCUT2D eigenvalue weighted by Crippen LogP contribution is 2.41. The lowest BCUT2D eigenvalue weighted by Crippen LogP contribution is -2.31. The summed E-state index contributed by atoms with van der Waals surface area (Å²) in [5.41, 5.74) is 4.29. The number of aromatic nitrogens is 1. The van der Waals surface area contributed by atoms with E-state index in [0.717, 1.165) is 57.6 Å². The number of pyridine rings is 1. The molecule has 2 atom stereocenters. The minimum Gasteiger partial charge on any atom is -0.459 e. The molecule has 2 N–H and O–H groups in total. The van der Waals surface area contributed by atoms with Crippen LogP contribution in [-0.2, 0) is 0 Å². The van der Waals surface area contributed by atoms with Gasteiger partial charge in [0.1, 0.15) is 17.6 Å². The van der Waals surface area contributed by atoms with E-state index < -0.39 is 0 Å². The van der Waals surface area contributed by atoms with Crippen LogP contribution >= 0.6 is 28.1 Å². The molecule has 0 radical (unpaired) electrons. The van der Waals surface area contributed by atoms with Gasteiger partial charge in [0.05, 0.1) is 11.7 Å². The first kappa shape index (κ1) is 23.6. The first-order chi connectivity index (χ1) is 17.1. The summed E-state index contributed by atoms with van der Waals surface area (Å²) in [5, 5.41) is 7.71. The average molecular weight is 548 g/mol. The van der Waals surface area contributed by atoms with Crippen LogP contribution in [0.25, 0.3) is 11.3 Å². The number of nitrogens with zero attached hydrogens (tertiary/aromatic N) is 2. The molecule has 35 heavy (non-hydrogen) atoms. The Morgan fingerprint density at radius 2 is 1.89 bits per heavy atom. The molecule has 0 amide bonds. The molecule has 2 aromatic carbocycles. The second kappa shape index (κ2) is 10.6. The number of halogens is 1. The van der Waals surface area contributed by atoms with Crippen molar-refractivity contribution in [3.05, 3.63) is 107 Å². The van der Waals surface area contributed by atoms with Crippen LogP contribution < -0.4 is 10.6 Å². The highest BCUT2D eigenvalue weighted by atomic mass is 79.9. The predicted octanol–water partition coefficient (Wildman–Crippen LogP) is 6.89. The van der Waals surface area contributed by atoms with Crippen molar-refractivity contribution in [1.82, 2.24) is 15.2 Å². The lowest BCUT2D eigenvalue weighted by atomic mass is 10.0. The molecule has 0 spiro atoms. The average Bonchev–Trinajstić information content (AvgIpc) is 3.47. The molecule has 5 rings (SSSR count). The molecule has 0 saturated carbocycles. The van der Waals surface area contributed by atoms with Crippen molar-refractivity contribution in [2.24, 2.45) is 0 Å². The van der Waals surface area contributed by atoms with Crippen molar-refractivity contribution in [2.75, 3.05) is 18.4 Å². The number of rotatable bonds is 8. The first-order valence-corrected chi connectivity index (χ1v) is 12.9. The van der Waals surface area contributed by atoms with Crippen molar-refractivity contribution in [3.63, 3.8) is 0 Å². The quantitative estimate of drug-likeness (QED) is 0.185. The third-order valence-corrected chi connectivity index (χ3v) is 7.19. The van der Waals surface area contributed by atoms with Crippen LogP contribution in [-0.4, -0.2) is 28.1 Å². The maximum Gasteiger partial charge on any atom is 0.170 e. The lowest BCUT2D eigenvalue weighted by Gasteiger charge is -2.26. The maximum atomic E-state index is 6.47. The van der Waals surface area contributed by atoms with Gasteiger partial charge in [0.15, 0.2) is 5.11 Å². The SMILES string of the molecule is Cc1ccc(-c2ccc([C@@H]3[C@@H](c4ccccn4)NC(=S)N3CCCNc3ccccc3)o2)c(Br)c1. The van der Waals surface area contributed by atoms with Gasteiger partial charge in [0.2, 0.25) is 0 Å². The molecule has 1 saturated heterocycles. The van der Waals surface area contributed by atoms with Gasteiger partial charge in [-0.1, -0.05) is 46.3 Å². The molecule has 4 aromatic rings. The molecule has 0 unspecified atom stereocenters. The molecular formula is C28H27BrN4OS. The van der Waals surface area contributed by atoms with Gasteiger partial charge in [-0.3, -0.25) is 4.98 Å². The Labute approximate surface area is 219 Å². The Morgan fingerprint density at radius 3 is 2.66 bits per heavy atom. The van der Waals surface area contributed by atoms with Crippen LogP contribution in [0, 0.1) is 6.92 Å². The van der Waals surface area contributed by atoms with Crippen molar-refractivity contribution in [2.45, 2.75) is 25.4 Å². The summed E-state index contributed by atoms with van der Waals surface area (Å²) < 4.78 is 7.48. The minimum atomic E-state index is -0.0914. The van der Waals surface area contributed by atoms with Crippen LogP contribution in [0.1, 0.15) is 35.5 Å². The molecule has 1 aliphatic heterocycles. The summed E-state index contributed by atoms with van der Waals surface area (Å²) in [6.45, 7) is 3.73. The second-order valence-corrected chi connectivity index (χ2v) is 9.89. The number of furan rings is 1. The predicted molar refractivity (Wildman–Crippen MR) is 148 cm³/mol. The van der Waals surface area contributed by atoms with Crippen LogP contribution in [0.3, 0.4) is 0 Å². The molecule has 7 heteroatoms. The Kier molecular flexibility index (Phi) is 7.16. The van der Waals surface area contributed by atoms with Crippen LogP contribution in [0.4, 0.5) is 5.69 Å². The van der Waals surface area contributed by atoms with Crippen LogP contribution in [0.5, 0.6) is 0 Å². The molecule has 0 aliphatic carbocycles. The molecule has 1 fully saturated rings. The third kappa shape index (κ3) is 5.26. The van der Waals surface area contributed by atoms with E-state index in [4.69, 9.17) is 16.6 Å². The van der Waals surface area contributed by atoms with E-state index >= 15 is 0 Å². The smallest absolute Gasteiger partial charge is 0.170 e. The third-order valence-electron chi connectivity index (χ3n) is 6.18. The number of anilines is 1. The number of thiocarbonyl (C=S) groups is 1. The van der Waals surface area contributed by atoms with Gasteiger partial charge in [0.25, 0.3) is 0 Å². The number of nitrogens with one attached hydrogen (secondary N) is 2. The summed E-state index contributed by atoms with van der Waals surface area (Å²) in [5.74, 6) is 1.70. The van der Waals surface area contributed by atoms with Crippen molar-refractivity contribution >= 4 is 38.9 Å². The van der Waals surface area contributed by atoms with E-state index in [1.165, 1.54) is 5.56 Å². The molecule has 5 nitrogen and oxygen atoms in total. The van der Waals surface area contributed by atoms with E-state index in [1.807, 2.05) is 48.7 Å². The fraction of sp³-hybridized carbons (Fsp3) is 0.214. The fourth-order valence-corrected chi connectivity index (χ4v) is 5.49. The van der Waals surface area contributed by atoms with E-state index in [-0.39, 0.29) is 12.1 Å². The van der Waals surface area contributed by atoms with Crippen molar-refractivity contribution in [1.29, 1.82) is 0 Å². The number of para-hydroxylation sites is 1. The zero-order valence-corrected chi connectivity index (χ0v) is 21.9. The van der Waals surface area contributed by atoms with Gasteiger partial charge in [0, 0.05) is 35.0 Å². The Morgan fingerprint density at radius 1 is 1.06 bits per heavy atom. The lowest BCUT2D eigenvalue weighted by molar-refractivity contribution is 0.274. The number of hydrogen-bond donors (Lipinski definition) is 2. The first-order valence-electron chi connectivity index (χ1n) is 11.7. The fourth-order valence-electron chi connectivity index (χ4n) is 4.47. The highest BCUT2D eigenvalue weighted by molar-refractivity contribution is 9.10. The normalized spacial score (nSPS) is 17.4. The molecular weight excluding hydrogens is 520 g/mol. The van der Waals surface area contributed by atoms with Gasteiger partial charge in [-0.25, -0.2) is 0 Å². The summed E-state index contributed by atoms with van der Waals surface area (Å²) in [4.78, 5) is 6.85. The summed E-state index contributed by atoms with van der Waals surface area (Å²) in [7, 11) is 0. The molecule has 178 valence electrons. The van der Waals surface area contributed by atoms with E-state index in [2.05, 4.69) is 79.8 Å². The topological polar surface area (TPSA) is 53.3 Å². The standard InChI is InChI=1S/C28H27BrN4OS/c1-19-11-12-21(22(29)18-19)24-13-14-25(34-24)27-26(23-10-5-6-15-31-23)32-28(35)33(27)17-7-16-30-20-8-3-2-4-9-20/h2-6,8-15,18,26-27,30H,7,16-17H2,1H3,(H,32,35)/t26-,27-/m1/s1. The Bertz CT molecular complexity index is 1290. The Hall–Kier alpha value is -3.16. The van der Waals surface area contributed by atoms with Crippen LogP contribution in [0.15, 0.2) is 93.9 Å². The van der Waals surface area contributed by atoms with Crippen molar-refractivity contribution < 1.29 is 4.42 Å².